The molecule has 1 saturated carbocycles. The maximum Gasteiger partial charge on any atom is 0.191 e. The first-order chi connectivity index (χ1) is 10.7. The van der Waals surface area contributed by atoms with Crippen molar-refractivity contribution in [1.29, 1.82) is 0 Å². The van der Waals surface area contributed by atoms with Crippen LogP contribution in [0.3, 0.4) is 0 Å². The van der Waals surface area contributed by atoms with Gasteiger partial charge in [-0.1, -0.05) is 0 Å². The molecule has 2 unspecified atom stereocenters. The average Bonchev–Trinajstić information content (AvgIpc) is 3.12. The fourth-order valence-electron chi connectivity index (χ4n) is 2.87. The Kier molecular flexibility index (Phi) is 7.09. The maximum absolute atomic E-state index is 4.71. The van der Waals surface area contributed by atoms with Gasteiger partial charge >= 0.3 is 0 Å². The number of rotatable bonds is 7. The molecule has 1 aliphatic carbocycles. The molecular weight excluding hydrogens is 294 g/mol. The molecule has 1 heterocycles. The number of aliphatic imine (C=N–C) groups is 1. The van der Waals surface area contributed by atoms with Gasteiger partial charge in [-0.3, -0.25) is 9.67 Å². The van der Waals surface area contributed by atoms with Crippen LogP contribution in [0.2, 0.25) is 0 Å². The van der Waals surface area contributed by atoms with Gasteiger partial charge in [-0.15, -0.1) is 0 Å². The fourth-order valence-corrected chi connectivity index (χ4v) is 3.67. The summed E-state index contributed by atoms with van der Waals surface area (Å²) in [5.41, 5.74) is 1.29. The normalized spacial score (nSPS) is 22.0. The first-order valence-corrected chi connectivity index (χ1v) is 9.55. The summed E-state index contributed by atoms with van der Waals surface area (Å²) in [5.74, 6) is 0.973. The molecule has 0 amide bonds. The molecule has 0 aliphatic heterocycles. The summed E-state index contributed by atoms with van der Waals surface area (Å²) in [6, 6.07) is 0.577. The number of nitrogens with zero attached hydrogens (tertiary/aromatic N) is 3. The number of thioether (sulfide) groups is 1. The largest absolute Gasteiger partial charge is 0.357 e. The van der Waals surface area contributed by atoms with Gasteiger partial charge in [0, 0.05) is 37.6 Å². The number of aryl methyl sites for hydroxylation is 2. The highest BCUT2D eigenvalue weighted by Crippen LogP contribution is 2.27. The van der Waals surface area contributed by atoms with E-state index in [0.717, 1.165) is 37.1 Å². The van der Waals surface area contributed by atoms with Crippen molar-refractivity contribution in [2.45, 2.75) is 50.3 Å². The van der Waals surface area contributed by atoms with E-state index < -0.39 is 0 Å². The van der Waals surface area contributed by atoms with E-state index in [1.165, 1.54) is 24.8 Å². The second kappa shape index (κ2) is 9.08. The third-order valence-electron chi connectivity index (χ3n) is 4.05. The molecule has 2 rings (SSSR count). The molecule has 5 nitrogen and oxygen atoms in total. The minimum absolute atomic E-state index is 0.577. The van der Waals surface area contributed by atoms with E-state index in [-0.39, 0.29) is 0 Å². The van der Waals surface area contributed by atoms with E-state index in [4.69, 9.17) is 4.99 Å². The number of hydrogen-bond acceptors (Lipinski definition) is 3. The Balaban J connectivity index is 1.74. The van der Waals surface area contributed by atoms with E-state index in [2.05, 4.69) is 35.1 Å². The third kappa shape index (κ3) is 5.55. The predicted molar refractivity (Wildman–Crippen MR) is 95.6 cm³/mol. The molecule has 22 heavy (non-hydrogen) atoms. The minimum Gasteiger partial charge on any atom is -0.357 e. The van der Waals surface area contributed by atoms with Gasteiger partial charge in [0.05, 0.1) is 6.20 Å². The highest BCUT2D eigenvalue weighted by Gasteiger charge is 2.24. The van der Waals surface area contributed by atoms with E-state index in [9.17, 15) is 0 Å². The van der Waals surface area contributed by atoms with Crippen LogP contribution in [0, 0.1) is 0 Å². The lowest BCUT2D eigenvalue weighted by Gasteiger charge is -2.17. The van der Waals surface area contributed by atoms with Gasteiger partial charge in [0.1, 0.15) is 0 Å². The van der Waals surface area contributed by atoms with Crippen LogP contribution in [0.4, 0.5) is 0 Å². The molecule has 0 aromatic carbocycles. The Labute approximate surface area is 138 Å². The smallest absolute Gasteiger partial charge is 0.191 e. The van der Waals surface area contributed by atoms with Crippen LogP contribution < -0.4 is 10.6 Å². The van der Waals surface area contributed by atoms with Crippen molar-refractivity contribution in [3.63, 3.8) is 0 Å². The van der Waals surface area contributed by atoms with Crippen LogP contribution in [0.1, 0.15) is 38.2 Å². The van der Waals surface area contributed by atoms with Crippen molar-refractivity contribution in [3.8, 4) is 0 Å². The molecule has 6 heteroatoms. The Bertz CT molecular complexity index is 471. The Morgan fingerprint density at radius 2 is 2.36 bits per heavy atom. The highest BCUT2D eigenvalue weighted by atomic mass is 32.2. The maximum atomic E-state index is 4.71. The van der Waals surface area contributed by atoms with Gasteiger partial charge in [0.15, 0.2) is 5.96 Å². The van der Waals surface area contributed by atoms with Crippen molar-refractivity contribution >= 4 is 17.7 Å². The number of hydrogen-bond donors (Lipinski definition) is 2. The summed E-state index contributed by atoms with van der Waals surface area (Å²) in [5, 5.41) is 12.0. The van der Waals surface area contributed by atoms with E-state index in [1.54, 1.807) is 0 Å². The third-order valence-corrected chi connectivity index (χ3v) is 5.15. The number of guanidine groups is 1. The molecule has 1 aliphatic rings. The lowest BCUT2D eigenvalue weighted by Crippen LogP contribution is -2.42. The first-order valence-electron chi connectivity index (χ1n) is 8.26. The zero-order valence-electron chi connectivity index (χ0n) is 14.0. The molecule has 1 aromatic heterocycles. The summed E-state index contributed by atoms with van der Waals surface area (Å²) >= 11 is 1.99. The molecule has 1 fully saturated rings. The Morgan fingerprint density at radius 1 is 1.50 bits per heavy atom. The van der Waals surface area contributed by atoms with Gasteiger partial charge in [-0.2, -0.15) is 16.9 Å². The molecule has 1 aromatic rings. The molecule has 124 valence electrons. The lowest BCUT2D eigenvalue weighted by molar-refractivity contribution is 0.614. The van der Waals surface area contributed by atoms with E-state index >= 15 is 0 Å². The molecular formula is C16H29N5S. The molecule has 0 radical (unpaired) electrons. The van der Waals surface area contributed by atoms with E-state index in [0.29, 0.717) is 6.04 Å². The second-order valence-corrected chi connectivity index (χ2v) is 7.04. The average molecular weight is 324 g/mol. The van der Waals surface area contributed by atoms with Gasteiger partial charge in [0.25, 0.3) is 0 Å². The quantitative estimate of drug-likeness (QED) is 0.459. The van der Waals surface area contributed by atoms with E-state index in [1.807, 2.05) is 29.7 Å². The van der Waals surface area contributed by atoms with Crippen LogP contribution in [0.5, 0.6) is 0 Å². The molecule has 2 N–H and O–H groups in total. The zero-order chi connectivity index (χ0) is 15.8. The van der Waals surface area contributed by atoms with Crippen molar-refractivity contribution in [2.24, 2.45) is 12.0 Å². The monoisotopic (exact) mass is 323 g/mol. The zero-order valence-corrected chi connectivity index (χ0v) is 14.8. The molecule has 0 spiro atoms. The van der Waals surface area contributed by atoms with Crippen molar-refractivity contribution in [2.75, 3.05) is 19.3 Å². The second-order valence-electron chi connectivity index (χ2n) is 5.90. The lowest BCUT2D eigenvalue weighted by atomic mass is 10.2. The minimum atomic E-state index is 0.577. The van der Waals surface area contributed by atoms with Gasteiger partial charge in [-0.05, 0) is 50.8 Å². The molecule has 0 saturated heterocycles. The van der Waals surface area contributed by atoms with Gasteiger partial charge in [-0.25, -0.2) is 0 Å². The van der Waals surface area contributed by atoms with Crippen LogP contribution in [-0.4, -0.2) is 46.4 Å². The van der Waals surface area contributed by atoms with Crippen molar-refractivity contribution in [3.05, 3.63) is 18.0 Å². The number of nitrogens with one attached hydrogen (secondary N) is 2. The summed E-state index contributed by atoms with van der Waals surface area (Å²) in [6.07, 6.45) is 12.1. The van der Waals surface area contributed by atoms with Crippen LogP contribution in [0.15, 0.2) is 17.4 Å². The predicted octanol–water partition coefficient (Wildman–Crippen LogP) is 2.19. The fraction of sp³-hybridized carbons (Fsp3) is 0.750. The summed E-state index contributed by atoms with van der Waals surface area (Å²) in [4.78, 5) is 4.71. The van der Waals surface area contributed by atoms with Gasteiger partial charge < -0.3 is 10.6 Å². The first kappa shape index (κ1) is 17.2. The summed E-state index contributed by atoms with van der Waals surface area (Å²) < 4.78 is 1.85. The Hall–Kier alpha value is -1.17. The van der Waals surface area contributed by atoms with Crippen LogP contribution >= 0.6 is 11.8 Å². The SMILES string of the molecule is CCNC(=NCCCc1cnn(C)c1)NC1CCC(SC)C1. The van der Waals surface area contributed by atoms with Crippen molar-refractivity contribution < 1.29 is 0 Å². The van der Waals surface area contributed by atoms with Crippen LogP contribution in [-0.2, 0) is 13.5 Å². The topological polar surface area (TPSA) is 54.2 Å². The van der Waals surface area contributed by atoms with Crippen LogP contribution in [0.25, 0.3) is 0 Å². The molecule has 0 bridgehead atoms. The standard InChI is InChI=1S/C16H29N5S/c1-4-17-16(20-14-7-8-15(10-14)22-3)18-9-5-6-13-11-19-21(2)12-13/h11-12,14-15H,4-10H2,1-3H3,(H2,17,18,20). The summed E-state index contributed by atoms with van der Waals surface area (Å²) in [7, 11) is 1.96. The summed E-state index contributed by atoms with van der Waals surface area (Å²) in [6.45, 7) is 3.88. The molecule has 2 atom stereocenters. The number of aromatic nitrogens is 2. The highest BCUT2D eigenvalue weighted by molar-refractivity contribution is 7.99. The Morgan fingerprint density at radius 3 is 3.00 bits per heavy atom. The van der Waals surface area contributed by atoms with Crippen molar-refractivity contribution in [1.82, 2.24) is 20.4 Å². The van der Waals surface area contributed by atoms with Gasteiger partial charge in [0.2, 0.25) is 0 Å².